The maximum Gasteiger partial charge on any atom is -0.0213 e. The monoisotopic (exact) mass is 160 g/mol. The average molecular weight is 160 g/mol. The summed E-state index contributed by atoms with van der Waals surface area (Å²) in [7, 11) is 0. The van der Waals surface area contributed by atoms with Gasteiger partial charge in [0, 0.05) is 0 Å². The highest BCUT2D eigenvalue weighted by molar-refractivity contribution is 5.54. The van der Waals surface area contributed by atoms with Crippen LogP contribution < -0.4 is 0 Å². The molecule has 0 atom stereocenters. The summed E-state index contributed by atoms with van der Waals surface area (Å²) in [5.74, 6) is 0.609. The molecule has 0 nitrogen and oxygen atoms in total. The molecule has 0 fully saturated rings. The maximum atomic E-state index is 2.22. The van der Waals surface area contributed by atoms with Gasteiger partial charge < -0.3 is 0 Å². The number of allylic oxidation sites excluding steroid dienone is 1. The van der Waals surface area contributed by atoms with E-state index in [0.717, 1.165) is 0 Å². The van der Waals surface area contributed by atoms with Crippen molar-refractivity contribution in [2.45, 2.75) is 26.7 Å². The Morgan fingerprint density at radius 2 is 1.83 bits per heavy atom. The summed E-state index contributed by atoms with van der Waals surface area (Å²) in [5.41, 5.74) is 2.77. The van der Waals surface area contributed by atoms with Crippen molar-refractivity contribution >= 4 is 6.08 Å². The summed E-state index contributed by atoms with van der Waals surface area (Å²) in [6.45, 7) is 6.50. The van der Waals surface area contributed by atoms with Gasteiger partial charge in [-0.1, -0.05) is 50.3 Å². The largest absolute Gasteiger partial charge is 0.0871 e. The van der Waals surface area contributed by atoms with Crippen LogP contribution in [0.15, 0.2) is 30.3 Å². The number of benzene rings is 1. The van der Waals surface area contributed by atoms with Crippen LogP contribution in [0, 0.1) is 0 Å². The van der Waals surface area contributed by atoms with E-state index in [1.54, 1.807) is 0 Å². The highest BCUT2D eigenvalue weighted by Gasteiger charge is 2.01. The molecule has 0 amide bonds. The summed E-state index contributed by atoms with van der Waals surface area (Å²) >= 11 is 0. The lowest BCUT2D eigenvalue weighted by Crippen LogP contribution is -1.90. The Bertz CT molecular complexity index is 269. The molecule has 0 aliphatic carbocycles. The van der Waals surface area contributed by atoms with E-state index in [2.05, 4.69) is 57.2 Å². The first-order chi connectivity index (χ1) is 5.75. The molecule has 0 radical (unpaired) electrons. The van der Waals surface area contributed by atoms with E-state index in [-0.39, 0.29) is 0 Å². The predicted octanol–water partition coefficient (Wildman–Crippen LogP) is 3.84. The molecule has 12 heavy (non-hydrogen) atoms. The molecule has 0 heteroatoms. The molecule has 0 aromatic heterocycles. The minimum Gasteiger partial charge on any atom is -0.0871 e. The molecule has 0 unspecified atom stereocenters. The van der Waals surface area contributed by atoms with E-state index in [9.17, 15) is 0 Å². The van der Waals surface area contributed by atoms with Crippen LogP contribution >= 0.6 is 0 Å². The molecule has 0 bridgehead atoms. The predicted molar refractivity (Wildman–Crippen MR) is 55.2 cm³/mol. The zero-order valence-corrected chi connectivity index (χ0v) is 8.04. The first-order valence-corrected chi connectivity index (χ1v) is 4.47. The fraction of sp³-hybridized carbons (Fsp3) is 0.333. The Hall–Kier alpha value is -1.04. The first-order valence-electron chi connectivity index (χ1n) is 4.47. The summed E-state index contributed by atoms with van der Waals surface area (Å²) in [5, 5.41) is 0. The molecule has 0 N–H and O–H groups in total. The molecule has 64 valence electrons. The van der Waals surface area contributed by atoms with Gasteiger partial charge in [0.2, 0.25) is 0 Å². The van der Waals surface area contributed by atoms with Gasteiger partial charge in [-0.15, -0.1) is 0 Å². The molecule has 0 saturated carbocycles. The third-order valence-corrected chi connectivity index (χ3v) is 1.96. The molecule has 0 spiro atoms. The van der Waals surface area contributed by atoms with Gasteiger partial charge in [-0.3, -0.25) is 0 Å². The Morgan fingerprint density at radius 3 is 2.42 bits per heavy atom. The SMILES string of the molecule is C/C=C\c1ccccc1C(C)C. The van der Waals surface area contributed by atoms with Crippen molar-refractivity contribution in [2.24, 2.45) is 0 Å². The highest BCUT2D eigenvalue weighted by Crippen LogP contribution is 2.19. The Kier molecular flexibility index (Phi) is 3.09. The van der Waals surface area contributed by atoms with Gasteiger partial charge in [-0.05, 0) is 24.0 Å². The van der Waals surface area contributed by atoms with Crippen LogP contribution in [0.3, 0.4) is 0 Å². The van der Waals surface area contributed by atoms with Crippen LogP contribution in [0.2, 0.25) is 0 Å². The van der Waals surface area contributed by atoms with E-state index >= 15 is 0 Å². The fourth-order valence-corrected chi connectivity index (χ4v) is 1.37. The number of hydrogen-bond acceptors (Lipinski definition) is 0. The van der Waals surface area contributed by atoms with Crippen molar-refractivity contribution in [3.8, 4) is 0 Å². The Labute approximate surface area is 74.9 Å². The standard InChI is InChI=1S/C12H16/c1-4-7-11-8-5-6-9-12(11)10(2)3/h4-10H,1-3H3/b7-4-. The topological polar surface area (TPSA) is 0 Å². The lowest BCUT2D eigenvalue weighted by Gasteiger charge is -2.08. The van der Waals surface area contributed by atoms with Crippen LogP contribution in [0.4, 0.5) is 0 Å². The molecule has 0 saturated heterocycles. The normalized spacial score (nSPS) is 11.3. The summed E-state index contributed by atoms with van der Waals surface area (Å²) in [6.07, 6.45) is 4.25. The molecule has 0 heterocycles. The minimum atomic E-state index is 0.609. The first kappa shape index (κ1) is 9.05. The second-order valence-corrected chi connectivity index (χ2v) is 3.28. The van der Waals surface area contributed by atoms with E-state index in [1.807, 2.05) is 0 Å². The van der Waals surface area contributed by atoms with Gasteiger partial charge in [0.15, 0.2) is 0 Å². The van der Waals surface area contributed by atoms with Crippen molar-refractivity contribution in [1.29, 1.82) is 0 Å². The van der Waals surface area contributed by atoms with Gasteiger partial charge in [0.1, 0.15) is 0 Å². The zero-order valence-electron chi connectivity index (χ0n) is 8.04. The zero-order chi connectivity index (χ0) is 8.97. The fourth-order valence-electron chi connectivity index (χ4n) is 1.37. The summed E-state index contributed by atoms with van der Waals surface area (Å²) in [4.78, 5) is 0. The van der Waals surface area contributed by atoms with Crippen molar-refractivity contribution in [3.05, 3.63) is 41.5 Å². The number of hydrogen-bond donors (Lipinski definition) is 0. The summed E-state index contributed by atoms with van der Waals surface area (Å²) < 4.78 is 0. The van der Waals surface area contributed by atoms with Crippen LogP contribution in [0.25, 0.3) is 6.08 Å². The summed E-state index contributed by atoms with van der Waals surface area (Å²) in [6, 6.07) is 8.54. The van der Waals surface area contributed by atoms with Crippen molar-refractivity contribution in [3.63, 3.8) is 0 Å². The third-order valence-electron chi connectivity index (χ3n) is 1.96. The second kappa shape index (κ2) is 4.10. The van der Waals surface area contributed by atoms with Crippen LogP contribution in [0.1, 0.15) is 37.8 Å². The van der Waals surface area contributed by atoms with Crippen LogP contribution in [0.5, 0.6) is 0 Å². The van der Waals surface area contributed by atoms with E-state index in [1.165, 1.54) is 11.1 Å². The van der Waals surface area contributed by atoms with Gasteiger partial charge >= 0.3 is 0 Å². The minimum absolute atomic E-state index is 0.609. The van der Waals surface area contributed by atoms with Crippen molar-refractivity contribution in [1.82, 2.24) is 0 Å². The lowest BCUT2D eigenvalue weighted by molar-refractivity contribution is 0.864. The maximum absolute atomic E-state index is 2.22. The molecular weight excluding hydrogens is 144 g/mol. The molecular formula is C12H16. The smallest absolute Gasteiger partial charge is 0.0213 e. The van der Waals surface area contributed by atoms with Crippen LogP contribution in [-0.4, -0.2) is 0 Å². The third kappa shape index (κ3) is 1.97. The molecule has 1 rings (SSSR count). The van der Waals surface area contributed by atoms with E-state index < -0.39 is 0 Å². The van der Waals surface area contributed by atoms with Crippen molar-refractivity contribution < 1.29 is 0 Å². The van der Waals surface area contributed by atoms with Crippen molar-refractivity contribution in [2.75, 3.05) is 0 Å². The lowest BCUT2D eigenvalue weighted by atomic mass is 9.97. The molecule has 1 aromatic rings. The van der Waals surface area contributed by atoms with Gasteiger partial charge in [0.25, 0.3) is 0 Å². The van der Waals surface area contributed by atoms with Gasteiger partial charge in [-0.25, -0.2) is 0 Å². The quantitative estimate of drug-likeness (QED) is 0.616. The Morgan fingerprint density at radius 1 is 1.17 bits per heavy atom. The van der Waals surface area contributed by atoms with Crippen LogP contribution in [-0.2, 0) is 0 Å². The average Bonchev–Trinajstić information content (AvgIpc) is 2.05. The van der Waals surface area contributed by atoms with E-state index in [4.69, 9.17) is 0 Å². The molecule has 0 aliphatic heterocycles. The van der Waals surface area contributed by atoms with E-state index in [0.29, 0.717) is 5.92 Å². The number of rotatable bonds is 2. The Balaban J connectivity index is 3.08. The second-order valence-electron chi connectivity index (χ2n) is 3.28. The van der Waals surface area contributed by atoms with Gasteiger partial charge in [0.05, 0.1) is 0 Å². The van der Waals surface area contributed by atoms with Gasteiger partial charge in [-0.2, -0.15) is 0 Å². The molecule has 0 aliphatic rings. The highest BCUT2D eigenvalue weighted by atomic mass is 14.1. The molecule has 1 aromatic carbocycles.